The van der Waals surface area contributed by atoms with Crippen LogP contribution in [0.2, 0.25) is 0 Å². The number of ketones is 1. The van der Waals surface area contributed by atoms with Gasteiger partial charge in [0.25, 0.3) is 0 Å². The Hall–Kier alpha value is -1.39. The maximum atomic E-state index is 13.2. The van der Waals surface area contributed by atoms with Crippen LogP contribution in [0.15, 0.2) is 6.07 Å². The number of ether oxygens (including phenoxy) is 2. The van der Waals surface area contributed by atoms with Crippen molar-refractivity contribution in [1.29, 1.82) is 0 Å². The van der Waals surface area contributed by atoms with Crippen molar-refractivity contribution in [2.75, 3.05) is 13.2 Å². The van der Waals surface area contributed by atoms with Crippen molar-refractivity contribution < 1.29 is 39.8 Å². The third-order valence-electron chi connectivity index (χ3n) is 6.20. The molecule has 1 aliphatic heterocycles. The molecule has 29 heavy (non-hydrogen) atoms. The first-order chi connectivity index (χ1) is 13.6. The van der Waals surface area contributed by atoms with Crippen molar-refractivity contribution in [3.8, 4) is 0 Å². The molecule has 6 atom stereocenters. The Bertz CT molecular complexity index is 787. The van der Waals surface area contributed by atoms with Crippen LogP contribution in [-0.2, 0) is 15.9 Å². The first-order valence-corrected chi connectivity index (χ1v) is 9.80. The summed E-state index contributed by atoms with van der Waals surface area (Å²) in [5.41, 5.74) is 2.88. The second kappa shape index (κ2) is 8.03. The maximum Gasteiger partial charge on any atom is 0.187 e. The van der Waals surface area contributed by atoms with Crippen molar-refractivity contribution in [2.45, 2.75) is 70.9 Å². The standard InChI is InChI=1S/C21H30O8/c1-9-7-12-14(10(2)11(9)5-6-22)18(27)21(3,4)19(12)29-20-17(26)16(25)15(24)13(8-23)28-20/h7,13,15-17,19-20,22-26H,5-6,8H2,1-4H3/t13-,15-,16-,17-,19+,20+/m0/s1. The molecule has 0 aromatic heterocycles. The highest BCUT2D eigenvalue weighted by Gasteiger charge is 2.52. The Morgan fingerprint density at radius 3 is 2.34 bits per heavy atom. The number of carbonyl (C=O) groups excluding carboxylic acids is 1. The number of hydrogen-bond acceptors (Lipinski definition) is 8. The largest absolute Gasteiger partial charge is 0.396 e. The van der Waals surface area contributed by atoms with Crippen LogP contribution >= 0.6 is 0 Å². The third-order valence-corrected chi connectivity index (χ3v) is 6.20. The predicted molar refractivity (Wildman–Crippen MR) is 102 cm³/mol. The topological polar surface area (TPSA) is 137 Å². The molecule has 1 aromatic rings. The van der Waals surface area contributed by atoms with Gasteiger partial charge in [-0.3, -0.25) is 4.79 Å². The summed E-state index contributed by atoms with van der Waals surface area (Å²) in [6, 6.07) is 1.86. The Morgan fingerprint density at radius 2 is 1.76 bits per heavy atom. The van der Waals surface area contributed by atoms with E-state index in [0.29, 0.717) is 17.5 Å². The lowest BCUT2D eigenvalue weighted by atomic mass is 9.86. The molecule has 1 aromatic carbocycles. The van der Waals surface area contributed by atoms with Crippen molar-refractivity contribution in [1.82, 2.24) is 0 Å². The molecular weight excluding hydrogens is 380 g/mol. The number of benzene rings is 1. The van der Waals surface area contributed by atoms with Gasteiger partial charge >= 0.3 is 0 Å². The van der Waals surface area contributed by atoms with Gasteiger partial charge in [0.05, 0.1) is 18.1 Å². The fraction of sp³-hybridized carbons (Fsp3) is 0.667. The normalized spacial score (nSPS) is 33.8. The van der Waals surface area contributed by atoms with Crippen molar-refractivity contribution in [3.05, 3.63) is 33.9 Å². The van der Waals surface area contributed by atoms with Crippen LogP contribution < -0.4 is 0 Å². The second-order valence-electron chi connectivity index (χ2n) is 8.50. The van der Waals surface area contributed by atoms with Crippen LogP contribution in [0.4, 0.5) is 0 Å². The summed E-state index contributed by atoms with van der Waals surface area (Å²) < 4.78 is 11.5. The number of aliphatic hydroxyl groups is 5. The Morgan fingerprint density at radius 1 is 1.10 bits per heavy atom. The summed E-state index contributed by atoms with van der Waals surface area (Å²) in [7, 11) is 0. The van der Waals surface area contributed by atoms with Crippen molar-refractivity contribution in [2.24, 2.45) is 5.41 Å². The maximum absolute atomic E-state index is 13.2. The molecule has 162 valence electrons. The van der Waals surface area contributed by atoms with Crippen LogP contribution in [0.5, 0.6) is 0 Å². The lowest BCUT2D eigenvalue weighted by molar-refractivity contribution is -0.317. The van der Waals surface area contributed by atoms with Gasteiger partial charge in [0, 0.05) is 12.2 Å². The molecule has 1 heterocycles. The van der Waals surface area contributed by atoms with E-state index in [4.69, 9.17) is 9.47 Å². The minimum atomic E-state index is -1.55. The number of carbonyl (C=O) groups is 1. The van der Waals surface area contributed by atoms with Gasteiger partial charge in [-0.15, -0.1) is 0 Å². The van der Waals surface area contributed by atoms with Crippen LogP contribution in [0, 0.1) is 19.3 Å². The molecular formula is C21H30O8. The molecule has 0 radical (unpaired) electrons. The number of aliphatic hydroxyl groups excluding tert-OH is 5. The fourth-order valence-corrected chi connectivity index (χ4v) is 4.45. The predicted octanol–water partition coefficient (Wildman–Crippen LogP) is -0.0817. The second-order valence-corrected chi connectivity index (χ2v) is 8.50. The van der Waals surface area contributed by atoms with Gasteiger partial charge in [0.1, 0.15) is 24.4 Å². The van der Waals surface area contributed by atoms with E-state index >= 15 is 0 Å². The highest BCUT2D eigenvalue weighted by atomic mass is 16.7. The molecule has 8 heteroatoms. The molecule has 0 bridgehead atoms. The molecule has 5 N–H and O–H groups in total. The first kappa shape index (κ1) is 22.3. The SMILES string of the molecule is Cc1cc2c(c(C)c1CCO)C(=O)C(C)(C)[C@@H]2O[C@H]1O[C@@H](CO)[C@H](O)[C@H](O)[C@@H]1O. The number of rotatable bonds is 5. The molecule has 8 nitrogen and oxygen atoms in total. The summed E-state index contributed by atoms with van der Waals surface area (Å²) in [5.74, 6) is -0.112. The van der Waals surface area contributed by atoms with E-state index in [1.165, 1.54) is 0 Å². The lowest BCUT2D eigenvalue weighted by Gasteiger charge is -2.42. The van der Waals surface area contributed by atoms with E-state index in [-0.39, 0.29) is 12.4 Å². The Labute approximate surface area is 169 Å². The van der Waals surface area contributed by atoms with Gasteiger partial charge in [-0.2, -0.15) is 0 Å². The van der Waals surface area contributed by atoms with E-state index in [2.05, 4.69) is 0 Å². The number of hydrogen-bond donors (Lipinski definition) is 5. The monoisotopic (exact) mass is 410 g/mol. The van der Waals surface area contributed by atoms with Crippen LogP contribution in [0.1, 0.15) is 52.6 Å². The zero-order chi connectivity index (χ0) is 21.7. The van der Waals surface area contributed by atoms with Crippen LogP contribution in [-0.4, -0.2) is 75.2 Å². The van der Waals surface area contributed by atoms with Gasteiger partial charge in [-0.1, -0.05) is 6.07 Å². The minimum absolute atomic E-state index is 0.0250. The van der Waals surface area contributed by atoms with Gasteiger partial charge in [-0.25, -0.2) is 0 Å². The zero-order valence-electron chi connectivity index (χ0n) is 17.1. The van der Waals surface area contributed by atoms with Gasteiger partial charge in [0.15, 0.2) is 12.1 Å². The molecule has 0 spiro atoms. The summed E-state index contributed by atoms with van der Waals surface area (Å²) in [4.78, 5) is 13.2. The number of aryl methyl sites for hydroxylation is 1. The average Bonchev–Trinajstić information content (AvgIpc) is 2.85. The summed E-state index contributed by atoms with van der Waals surface area (Å²) >= 11 is 0. The lowest BCUT2D eigenvalue weighted by Crippen LogP contribution is -2.59. The highest BCUT2D eigenvalue weighted by molar-refractivity contribution is 6.06. The van der Waals surface area contributed by atoms with E-state index in [1.54, 1.807) is 13.8 Å². The van der Waals surface area contributed by atoms with E-state index in [0.717, 1.165) is 16.7 Å². The summed E-state index contributed by atoms with van der Waals surface area (Å²) in [5, 5.41) is 49.1. The molecule has 1 saturated heterocycles. The minimum Gasteiger partial charge on any atom is -0.396 e. The van der Waals surface area contributed by atoms with Crippen molar-refractivity contribution >= 4 is 5.78 Å². The number of Topliss-reactive ketones (excluding diaryl/α,β-unsaturated/α-hetero) is 1. The molecule has 0 unspecified atom stereocenters. The molecule has 3 rings (SSSR count). The first-order valence-electron chi connectivity index (χ1n) is 9.80. The van der Waals surface area contributed by atoms with E-state index in [1.807, 2.05) is 19.9 Å². The van der Waals surface area contributed by atoms with Gasteiger partial charge < -0.3 is 35.0 Å². The quantitative estimate of drug-likeness (QED) is 0.455. The average molecular weight is 410 g/mol. The molecule has 0 saturated carbocycles. The Kier molecular flexibility index (Phi) is 6.18. The van der Waals surface area contributed by atoms with Crippen molar-refractivity contribution in [3.63, 3.8) is 0 Å². The third kappa shape index (κ3) is 3.53. The van der Waals surface area contributed by atoms with Crippen LogP contribution in [0.3, 0.4) is 0 Å². The molecule has 2 aliphatic rings. The molecule has 1 aliphatic carbocycles. The van der Waals surface area contributed by atoms with E-state index < -0.39 is 48.8 Å². The number of fused-ring (bicyclic) bond motifs is 1. The van der Waals surface area contributed by atoms with Crippen LogP contribution in [0.25, 0.3) is 0 Å². The Balaban J connectivity index is 2.00. The van der Waals surface area contributed by atoms with E-state index in [9.17, 15) is 30.3 Å². The fourth-order valence-electron chi connectivity index (χ4n) is 4.45. The zero-order valence-corrected chi connectivity index (χ0v) is 17.1. The summed E-state index contributed by atoms with van der Waals surface area (Å²) in [6.07, 6.45) is -7.31. The molecule has 1 fully saturated rings. The highest BCUT2D eigenvalue weighted by Crippen LogP contribution is 2.50. The summed E-state index contributed by atoms with van der Waals surface area (Å²) in [6.45, 7) is 6.65. The molecule has 0 amide bonds. The van der Waals surface area contributed by atoms with Gasteiger partial charge in [-0.05, 0) is 56.4 Å². The smallest absolute Gasteiger partial charge is 0.187 e. The van der Waals surface area contributed by atoms with Gasteiger partial charge in [0.2, 0.25) is 0 Å².